The third-order valence-electron chi connectivity index (χ3n) is 4.99. The number of esters is 2. The van der Waals surface area contributed by atoms with E-state index in [0.717, 1.165) is 5.56 Å². The first kappa shape index (κ1) is 23.5. The molecule has 1 amide bonds. The SMILES string of the molecule is C=CCOc1ccc(/C=C2\C(=O)N(c3ccc(C(=O)OCC)cc3)C(C)=C2C(=O)OC)cc1. The molecule has 7 heteroatoms. The summed E-state index contributed by atoms with van der Waals surface area (Å²) in [5, 5.41) is 0. The van der Waals surface area contributed by atoms with Crippen LogP contribution in [-0.2, 0) is 19.1 Å². The van der Waals surface area contributed by atoms with Gasteiger partial charge >= 0.3 is 11.9 Å². The fourth-order valence-corrected chi connectivity index (χ4v) is 3.43. The summed E-state index contributed by atoms with van der Waals surface area (Å²) in [7, 11) is 1.27. The zero-order valence-electron chi connectivity index (χ0n) is 18.8. The highest BCUT2D eigenvalue weighted by Gasteiger charge is 2.37. The topological polar surface area (TPSA) is 82.1 Å². The monoisotopic (exact) mass is 447 g/mol. The summed E-state index contributed by atoms with van der Waals surface area (Å²) < 4.78 is 15.4. The summed E-state index contributed by atoms with van der Waals surface area (Å²) in [5.74, 6) is -0.758. The van der Waals surface area contributed by atoms with E-state index in [1.165, 1.54) is 12.0 Å². The van der Waals surface area contributed by atoms with Gasteiger partial charge in [0, 0.05) is 11.4 Å². The van der Waals surface area contributed by atoms with E-state index in [1.807, 2.05) is 0 Å². The summed E-state index contributed by atoms with van der Waals surface area (Å²) >= 11 is 0. The van der Waals surface area contributed by atoms with Crippen molar-refractivity contribution in [3.63, 3.8) is 0 Å². The quantitative estimate of drug-likeness (QED) is 0.341. The third kappa shape index (κ3) is 5.03. The first-order valence-electron chi connectivity index (χ1n) is 10.4. The van der Waals surface area contributed by atoms with Gasteiger partial charge in [-0.1, -0.05) is 24.8 Å². The molecule has 33 heavy (non-hydrogen) atoms. The molecule has 0 aliphatic carbocycles. The van der Waals surface area contributed by atoms with Crippen molar-refractivity contribution >= 4 is 29.6 Å². The maximum Gasteiger partial charge on any atom is 0.340 e. The largest absolute Gasteiger partial charge is 0.490 e. The Balaban J connectivity index is 1.97. The summed E-state index contributed by atoms with van der Waals surface area (Å²) in [6.45, 7) is 7.68. The van der Waals surface area contributed by atoms with Crippen molar-refractivity contribution in [1.82, 2.24) is 0 Å². The molecule has 3 rings (SSSR count). The van der Waals surface area contributed by atoms with E-state index in [0.29, 0.717) is 29.3 Å². The van der Waals surface area contributed by atoms with Crippen LogP contribution in [0, 0.1) is 0 Å². The number of hydrogen-bond acceptors (Lipinski definition) is 6. The highest BCUT2D eigenvalue weighted by atomic mass is 16.5. The van der Waals surface area contributed by atoms with Crippen LogP contribution >= 0.6 is 0 Å². The molecule has 1 aliphatic rings. The fourth-order valence-electron chi connectivity index (χ4n) is 3.43. The van der Waals surface area contributed by atoms with Crippen LogP contribution in [-0.4, -0.2) is 38.2 Å². The minimum atomic E-state index is -0.608. The number of methoxy groups -OCH3 is 1. The first-order chi connectivity index (χ1) is 15.9. The van der Waals surface area contributed by atoms with Crippen LogP contribution in [0.5, 0.6) is 5.75 Å². The number of carbonyl (C=O) groups excluding carboxylic acids is 3. The first-order valence-corrected chi connectivity index (χ1v) is 10.4. The van der Waals surface area contributed by atoms with E-state index in [2.05, 4.69) is 6.58 Å². The van der Waals surface area contributed by atoms with Crippen LogP contribution in [0.4, 0.5) is 5.69 Å². The van der Waals surface area contributed by atoms with E-state index in [9.17, 15) is 14.4 Å². The number of ether oxygens (including phenoxy) is 3. The molecule has 2 aromatic rings. The van der Waals surface area contributed by atoms with E-state index < -0.39 is 11.9 Å². The lowest BCUT2D eigenvalue weighted by molar-refractivity contribution is -0.136. The van der Waals surface area contributed by atoms with Crippen molar-refractivity contribution in [2.24, 2.45) is 0 Å². The summed E-state index contributed by atoms with van der Waals surface area (Å²) in [4.78, 5) is 39.3. The normalized spacial score (nSPS) is 14.5. The minimum absolute atomic E-state index is 0.184. The number of rotatable bonds is 8. The number of benzene rings is 2. The smallest absolute Gasteiger partial charge is 0.340 e. The van der Waals surface area contributed by atoms with Gasteiger partial charge in [0.15, 0.2) is 0 Å². The predicted molar refractivity (Wildman–Crippen MR) is 125 cm³/mol. The summed E-state index contributed by atoms with van der Waals surface area (Å²) in [6, 6.07) is 13.6. The van der Waals surface area contributed by atoms with Crippen molar-refractivity contribution in [1.29, 1.82) is 0 Å². The molecule has 170 valence electrons. The highest BCUT2D eigenvalue weighted by Crippen LogP contribution is 2.35. The lowest BCUT2D eigenvalue weighted by atomic mass is 10.0. The molecule has 7 nitrogen and oxygen atoms in total. The maximum absolute atomic E-state index is 13.4. The Morgan fingerprint density at radius 3 is 2.27 bits per heavy atom. The standard InChI is InChI=1S/C26H25NO6/c1-5-15-33-21-13-7-18(8-14-21)16-22-23(26(30)31-4)17(3)27(24(22)28)20-11-9-19(10-12-20)25(29)32-6-2/h5,7-14,16H,1,6,15H2,2-4H3/b22-16-. The van der Waals surface area contributed by atoms with Crippen LogP contribution in [0.25, 0.3) is 6.08 Å². The van der Waals surface area contributed by atoms with Crippen molar-refractivity contribution < 1.29 is 28.6 Å². The number of carbonyl (C=O) groups is 3. The molecule has 2 aromatic carbocycles. The maximum atomic E-state index is 13.4. The van der Waals surface area contributed by atoms with Crippen LogP contribution < -0.4 is 9.64 Å². The van der Waals surface area contributed by atoms with Gasteiger partial charge in [0.25, 0.3) is 5.91 Å². The molecule has 0 radical (unpaired) electrons. The molecule has 0 spiro atoms. The average Bonchev–Trinajstić information content (AvgIpc) is 3.07. The molecule has 0 fully saturated rings. The average molecular weight is 447 g/mol. The van der Waals surface area contributed by atoms with Crippen LogP contribution in [0.15, 0.2) is 78.0 Å². The number of nitrogens with zero attached hydrogens (tertiary/aromatic N) is 1. The Bertz CT molecular complexity index is 1130. The second-order valence-corrected chi connectivity index (χ2v) is 7.09. The van der Waals surface area contributed by atoms with Gasteiger partial charge < -0.3 is 14.2 Å². The molecule has 1 heterocycles. The Hall–Kier alpha value is -4.13. The van der Waals surface area contributed by atoms with Gasteiger partial charge in [-0.05, 0) is 61.9 Å². The molecule has 0 unspecified atom stereocenters. The van der Waals surface area contributed by atoms with Gasteiger partial charge in [-0.2, -0.15) is 0 Å². The number of hydrogen-bond donors (Lipinski definition) is 0. The van der Waals surface area contributed by atoms with Gasteiger partial charge in [0.2, 0.25) is 0 Å². The molecule has 0 bridgehead atoms. The fraction of sp³-hybridized carbons (Fsp3) is 0.192. The van der Waals surface area contributed by atoms with Crippen molar-refractivity contribution in [3.05, 3.63) is 89.2 Å². The lowest BCUT2D eigenvalue weighted by Gasteiger charge is -2.18. The van der Waals surface area contributed by atoms with Gasteiger partial charge in [0.1, 0.15) is 12.4 Å². The Morgan fingerprint density at radius 2 is 1.70 bits per heavy atom. The van der Waals surface area contributed by atoms with Crippen LogP contribution in [0.3, 0.4) is 0 Å². The summed E-state index contributed by atoms with van der Waals surface area (Å²) in [6.07, 6.45) is 3.29. The van der Waals surface area contributed by atoms with E-state index in [1.54, 1.807) is 74.5 Å². The van der Waals surface area contributed by atoms with Crippen LogP contribution in [0.1, 0.15) is 29.8 Å². The molecule has 0 saturated carbocycles. The van der Waals surface area contributed by atoms with Crippen molar-refractivity contribution in [2.75, 3.05) is 25.2 Å². The highest BCUT2D eigenvalue weighted by molar-refractivity contribution is 6.23. The van der Waals surface area contributed by atoms with Crippen LogP contribution in [0.2, 0.25) is 0 Å². The van der Waals surface area contributed by atoms with Crippen molar-refractivity contribution in [2.45, 2.75) is 13.8 Å². The predicted octanol–water partition coefficient (Wildman–Crippen LogP) is 4.31. The molecule has 1 aliphatic heterocycles. The van der Waals surface area contributed by atoms with E-state index in [-0.39, 0.29) is 23.7 Å². The molecule has 0 N–H and O–H groups in total. The van der Waals surface area contributed by atoms with Gasteiger partial charge in [0.05, 0.1) is 30.4 Å². The van der Waals surface area contributed by atoms with Gasteiger partial charge in [-0.15, -0.1) is 0 Å². The third-order valence-corrected chi connectivity index (χ3v) is 4.99. The lowest BCUT2D eigenvalue weighted by Crippen LogP contribution is -2.24. The van der Waals surface area contributed by atoms with Gasteiger partial charge in [-0.3, -0.25) is 9.69 Å². The van der Waals surface area contributed by atoms with E-state index in [4.69, 9.17) is 14.2 Å². The minimum Gasteiger partial charge on any atom is -0.490 e. The molecule has 0 saturated heterocycles. The number of allylic oxidation sites excluding steroid dienone is 1. The molecule has 0 atom stereocenters. The van der Waals surface area contributed by atoms with E-state index >= 15 is 0 Å². The zero-order chi connectivity index (χ0) is 24.0. The second-order valence-electron chi connectivity index (χ2n) is 7.09. The molecular formula is C26H25NO6. The van der Waals surface area contributed by atoms with Crippen molar-refractivity contribution in [3.8, 4) is 5.75 Å². The number of amides is 1. The molecular weight excluding hydrogens is 422 g/mol. The number of anilines is 1. The second kappa shape index (κ2) is 10.5. The Kier molecular flexibility index (Phi) is 7.46. The van der Waals surface area contributed by atoms with Gasteiger partial charge in [-0.25, -0.2) is 9.59 Å². The summed E-state index contributed by atoms with van der Waals surface area (Å²) in [5.41, 5.74) is 2.45. The Morgan fingerprint density at radius 1 is 1.03 bits per heavy atom. The molecule has 0 aromatic heterocycles. The zero-order valence-corrected chi connectivity index (χ0v) is 18.8. The Labute approximate surface area is 192 Å².